The zero-order valence-corrected chi connectivity index (χ0v) is 9.77. The van der Waals surface area contributed by atoms with E-state index in [9.17, 15) is 14.4 Å². The van der Waals surface area contributed by atoms with Gasteiger partial charge in [-0.25, -0.2) is 4.79 Å². The molecule has 6 heteroatoms. The van der Waals surface area contributed by atoms with E-state index < -0.39 is 0 Å². The maximum atomic E-state index is 11.8. The molecule has 1 saturated heterocycles. The molecule has 3 rings (SSSR count). The van der Waals surface area contributed by atoms with E-state index in [1.165, 1.54) is 7.05 Å². The van der Waals surface area contributed by atoms with E-state index >= 15 is 0 Å². The Morgan fingerprint density at radius 3 is 2.50 bits per heavy atom. The molecule has 18 heavy (non-hydrogen) atoms. The summed E-state index contributed by atoms with van der Waals surface area (Å²) in [5, 5.41) is 2.69. The largest absolute Gasteiger partial charge is 0.336 e. The summed E-state index contributed by atoms with van der Waals surface area (Å²) in [6.45, 7) is 1.15. The van der Waals surface area contributed by atoms with Crippen LogP contribution in [0.5, 0.6) is 0 Å². The van der Waals surface area contributed by atoms with E-state index in [-0.39, 0.29) is 17.8 Å². The third kappa shape index (κ3) is 1.32. The Morgan fingerprint density at radius 1 is 1.11 bits per heavy atom. The Kier molecular flexibility index (Phi) is 2.13. The van der Waals surface area contributed by atoms with Gasteiger partial charge in [0.25, 0.3) is 11.8 Å². The normalized spacial score (nSPS) is 18.4. The Hall–Kier alpha value is -2.37. The lowest BCUT2D eigenvalue weighted by atomic mass is 10.1. The fraction of sp³-hybridized carbons (Fsp3) is 0.250. The third-order valence-electron chi connectivity index (χ3n) is 3.24. The predicted octanol–water partition coefficient (Wildman–Crippen LogP) is 0.442. The SMILES string of the molecule is CN1C(=O)c2ccc(N3CCNC3=O)cc2C1=O. The van der Waals surface area contributed by atoms with Gasteiger partial charge in [0.2, 0.25) is 0 Å². The molecule has 1 fully saturated rings. The highest BCUT2D eigenvalue weighted by Gasteiger charge is 2.33. The fourth-order valence-corrected chi connectivity index (χ4v) is 2.24. The lowest BCUT2D eigenvalue weighted by Gasteiger charge is -2.14. The maximum absolute atomic E-state index is 11.8. The number of anilines is 1. The first-order valence-electron chi connectivity index (χ1n) is 5.61. The van der Waals surface area contributed by atoms with Crippen LogP contribution in [0.3, 0.4) is 0 Å². The standard InChI is InChI=1S/C12H11N3O3/c1-14-10(16)8-3-2-7(6-9(8)11(14)17)15-5-4-13-12(15)18/h2-3,6H,4-5H2,1H3,(H,13,18). The van der Waals surface area contributed by atoms with E-state index in [1.54, 1.807) is 23.1 Å². The number of urea groups is 1. The number of nitrogens with zero attached hydrogens (tertiary/aromatic N) is 2. The van der Waals surface area contributed by atoms with Crippen molar-refractivity contribution in [2.45, 2.75) is 0 Å². The van der Waals surface area contributed by atoms with Crippen molar-refractivity contribution < 1.29 is 14.4 Å². The Bertz CT molecular complexity index is 582. The summed E-state index contributed by atoms with van der Waals surface area (Å²) in [4.78, 5) is 37.7. The topological polar surface area (TPSA) is 69.7 Å². The van der Waals surface area contributed by atoms with Gasteiger partial charge in [-0.2, -0.15) is 0 Å². The summed E-state index contributed by atoms with van der Waals surface area (Å²) in [7, 11) is 1.45. The minimum absolute atomic E-state index is 0.180. The van der Waals surface area contributed by atoms with Gasteiger partial charge in [0.1, 0.15) is 0 Å². The van der Waals surface area contributed by atoms with Gasteiger partial charge in [-0.3, -0.25) is 19.4 Å². The zero-order valence-electron chi connectivity index (χ0n) is 9.77. The van der Waals surface area contributed by atoms with E-state index in [0.717, 1.165) is 4.90 Å². The Balaban J connectivity index is 2.05. The van der Waals surface area contributed by atoms with Crippen molar-refractivity contribution in [3.8, 4) is 0 Å². The second kappa shape index (κ2) is 3.56. The van der Waals surface area contributed by atoms with Crippen LogP contribution in [0.15, 0.2) is 18.2 Å². The molecule has 4 amide bonds. The average Bonchev–Trinajstić information content (AvgIpc) is 2.89. The zero-order chi connectivity index (χ0) is 12.9. The number of fused-ring (bicyclic) bond motifs is 1. The molecule has 1 aromatic carbocycles. The molecular formula is C12H11N3O3. The summed E-state index contributed by atoms with van der Waals surface area (Å²) in [6.07, 6.45) is 0. The van der Waals surface area contributed by atoms with Gasteiger partial charge in [-0.1, -0.05) is 0 Å². The van der Waals surface area contributed by atoms with Gasteiger partial charge < -0.3 is 5.32 Å². The van der Waals surface area contributed by atoms with Crippen LogP contribution in [0, 0.1) is 0 Å². The van der Waals surface area contributed by atoms with Crippen molar-refractivity contribution in [3.05, 3.63) is 29.3 Å². The molecule has 2 aliphatic heterocycles. The molecule has 0 bridgehead atoms. The summed E-state index contributed by atoms with van der Waals surface area (Å²) in [5.74, 6) is -0.621. The molecule has 1 N–H and O–H groups in total. The van der Waals surface area contributed by atoms with Crippen molar-refractivity contribution in [3.63, 3.8) is 0 Å². The molecule has 0 aromatic heterocycles. The minimum atomic E-state index is -0.323. The molecule has 0 radical (unpaired) electrons. The molecule has 6 nitrogen and oxygen atoms in total. The summed E-state index contributed by atoms with van der Waals surface area (Å²) >= 11 is 0. The van der Waals surface area contributed by atoms with Gasteiger partial charge in [0.15, 0.2) is 0 Å². The lowest BCUT2D eigenvalue weighted by Crippen LogP contribution is -2.27. The molecule has 0 unspecified atom stereocenters. The monoisotopic (exact) mass is 245 g/mol. The Labute approximate surface area is 103 Å². The fourth-order valence-electron chi connectivity index (χ4n) is 2.24. The van der Waals surface area contributed by atoms with Crippen molar-refractivity contribution in [1.29, 1.82) is 0 Å². The molecule has 0 aliphatic carbocycles. The van der Waals surface area contributed by atoms with Crippen LogP contribution in [0.1, 0.15) is 20.7 Å². The first-order valence-corrected chi connectivity index (χ1v) is 5.61. The van der Waals surface area contributed by atoms with Crippen LogP contribution in [0.2, 0.25) is 0 Å². The number of hydrogen-bond acceptors (Lipinski definition) is 3. The third-order valence-corrected chi connectivity index (χ3v) is 3.24. The van der Waals surface area contributed by atoms with Gasteiger partial charge in [0.05, 0.1) is 11.1 Å². The predicted molar refractivity (Wildman–Crippen MR) is 63.6 cm³/mol. The first-order chi connectivity index (χ1) is 8.59. The van der Waals surface area contributed by atoms with E-state index in [2.05, 4.69) is 5.32 Å². The highest BCUT2D eigenvalue weighted by Crippen LogP contribution is 2.27. The second-order valence-electron chi connectivity index (χ2n) is 4.28. The molecule has 0 atom stereocenters. The van der Waals surface area contributed by atoms with Gasteiger partial charge in [-0.15, -0.1) is 0 Å². The van der Waals surface area contributed by atoms with Crippen LogP contribution in [0.25, 0.3) is 0 Å². The molecule has 0 spiro atoms. The van der Waals surface area contributed by atoms with Gasteiger partial charge in [0, 0.05) is 25.8 Å². The van der Waals surface area contributed by atoms with E-state index in [4.69, 9.17) is 0 Å². The minimum Gasteiger partial charge on any atom is -0.336 e. The van der Waals surface area contributed by atoms with Crippen LogP contribution in [0.4, 0.5) is 10.5 Å². The van der Waals surface area contributed by atoms with Crippen molar-refractivity contribution in [1.82, 2.24) is 10.2 Å². The first kappa shape index (κ1) is 10.8. The van der Waals surface area contributed by atoms with Crippen LogP contribution in [-0.2, 0) is 0 Å². The number of rotatable bonds is 1. The number of carbonyl (C=O) groups is 3. The van der Waals surface area contributed by atoms with Crippen LogP contribution < -0.4 is 10.2 Å². The highest BCUT2D eigenvalue weighted by molar-refractivity contribution is 6.21. The number of amides is 4. The smallest absolute Gasteiger partial charge is 0.321 e. The lowest BCUT2D eigenvalue weighted by molar-refractivity contribution is 0.0693. The van der Waals surface area contributed by atoms with Gasteiger partial charge in [-0.05, 0) is 18.2 Å². The molecule has 0 saturated carbocycles. The summed E-state index contributed by atoms with van der Waals surface area (Å²) < 4.78 is 0. The number of benzene rings is 1. The quantitative estimate of drug-likeness (QED) is 0.730. The van der Waals surface area contributed by atoms with E-state index in [0.29, 0.717) is 29.9 Å². The molecule has 1 aromatic rings. The van der Waals surface area contributed by atoms with Crippen molar-refractivity contribution in [2.24, 2.45) is 0 Å². The molecule has 2 heterocycles. The van der Waals surface area contributed by atoms with Gasteiger partial charge >= 0.3 is 6.03 Å². The second-order valence-corrected chi connectivity index (χ2v) is 4.28. The van der Waals surface area contributed by atoms with Crippen LogP contribution in [-0.4, -0.2) is 42.9 Å². The Morgan fingerprint density at radius 2 is 1.83 bits per heavy atom. The van der Waals surface area contributed by atoms with Crippen molar-refractivity contribution >= 4 is 23.5 Å². The number of imide groups is 1. The van der Waals surface area contributed by atoms with Crippen molar-refractivity contribution in [2.75, 3.05) is 25.0 Å². The average molecular weight is 245 g/mol. The van der Waals surface area contributed by atoms with Crippen LogP contribution >= 0.6 is 0 Å². The highest BCUT2D eigenvalue weighted by atomic mass is 16.2. The summed E-state index contributed by atoms with van der Waals surface area (Å²) in [6, 6.07) is 4.71. The molecule has 92 valence electrons. The maximum Gasteiger partial charge on any atom is 0.321 e. The number of carbonyl (C=O) groups excluding carboxylic acids is 3. The number of nitrogens with one attached hydrogen (secondary N) is 1. The molecule has 2 aliphatic rings. The number of hydrogen-bond donors (Lipinski definition) is 1. The molecular weight excluding hydrogens is 234 g/mol. The summed E-state index contributed by atoms with van der Waals surface area (Å²) in [5.41, 5.74) is 1.39. The van der Waals surface area contributed by atoms with E-state index in [1.807, 2.05) is 0 Å².